The molecule has 1 heterocycles. The first-order valence-electron chi connectivity index (χ1n) is 9.22. The molecule has 0 bridgehead atoms. The third-order valence-corrected chi connectivity index (χ3v) is 4.56. The normalized spacial score (nSPS) is 10.6. The lowest BCUT2D eigenvalue weighted by atomic mass is 10.1. The van der Waals surface area contributed by atoms with Crippen LogP contribution < -0.4 is 11.1 Å². The van der Waals surface area contributed by atoms with Gasteiger partial charge in [-0.05, 0) is 55.5 Å². The molecule has 0 saturated heterocycles. The van der Waals surface area contributed by atoms with Crippen molar-refractivity contribution in [2.45, 2.75) is 6.92 Å². The Labute approximate surface area is 172 Å². The van der Waals surface area contributed by atoms with Crippen LogP contribution in [0, 0.1) is 6.92 Å². The number of benzene rings is 3. The van der Waals surface area contributed by atoms with E-state index in [2.05, 4.69) is 15.5 Å². The van der Waals surface area contributed by atoms with E-state index < -0.39 is 5.91 Å². The van der Waals surface area contributed by atoms with E-state index in [1.54, 1.807) is 48.5 Å². The number of hydrogen-bond donors (Lipinski definition) is 2. The monoisotopic (exact) mass is 398 g/mol. The summed E-state index contributed by atoms with van der Waals surface area (Å²) in [6.45, 7) is 2.01. The number of hydrogen-bond acceptors (Lipinski definition) is 5. The van der Waals surface area contributed by atoms with Gasteiger partial charge in [-0.15, -0.1) is 10.2 Å². The van der Waals surface area contributed by atoms with Gasteiger partial charge in [0.1, 0.15) is 0 Å². The zero-order valence-electron chi connectivity index (χ0n) is 16.1. The minimum atomic E-state index is -0.609. The molecule has 3 aromatic carbocycles. The molecule has 0 atom stereocenters. The van der Waals surface area contributed by atoms with Crippen molar-refractivity contribution in [2.24, 2.45) is 5.73 Å². The largest absolute Gasteiger partial charge is 0.416 e. The molecule has 7 heteroatoms. The summed E-state index contributed by atoms with van der Waals surface area (Å²) in [5.41, 5.74) is 9.04. The van der Waals surface area contributed by atoms with Gasteiger partial charge in [0, 0.05) is 16.7 Å². The third-order valence-electron chi connectivity index (χ3n) is 4.56. The Balaban J connectivity index is 1.51. The first-order chi connectivity index (χ1) is 14.5. The number of amides is 2. The molecule has 0 aliphatic carbocycles. The lowest BCUT2D eigenvalue weighted by Gasteiger charge is -2.09. The highest BCUT2D eigenvalue weighted by molar-refractivity contribution is 6.08. The molecule has 0 aliphatic rings. The Bertz CT molecular complexity index is 1210. The van der Waals surface area contributed by atoms with Gasteiger partial charge in [0.2, 0.25) is 11.8 Å². The average Bonchev–Trinajstić information content (AvgIpc) is 3.25. The Morgan fingerprint density at radius 2 is 1.40 bits per heavy atom. The molecule has 0 unspecified atom stereocenters. The zero-order valence-corrected chi connectivity index (χ0v) is 16.1. The van der Waals surface area contributed by atoms with Gasteiger partial charge in [-0.3, -0.25) is 9.59 Å². The molecule has 0 saturated carbocycles. The molecule has 0 aliphatic heterocycles. The van der Waals surface area contributed by atoms with Crippen LogP contribution in [0.15, 0.2) is 77.2 Å². The lowest BCUT2D eigenvalue weighted by molar-refractivity contribution is 0.100. The van der Waals surface area contributed by atoms with Crippen LogP contribution in [-0.2, 0) is 0 Å². The predicted octanol–water partition coefficient (Wildman–Crippen LogP) is 4.06. The second-order valence-corrected chi connectivity index (χ2v) is 6.72. The number of nitrogens with zero attached hydrogens (tertiary/aromatic N) is 2. The Morgan fingerprint density at radius 3 is 2.00 bits per heavy atom. The fourth-order valence-corrected chi connectivity index (χ4v) is 2.92. The summed E-state index contributed by atoms with van der Waals surface area (Å²) >= 11 is 0. The molecule has 1 aromatic heterocycles. The van der Waals surface area contributed by atoms with Crippen molar-refractivity contribution >= 4 is 17.5 Å². The molecular weight excluding hydrogens is 380 g/mol. The SMILES string of the molecule is Cc1ccc(-c2nnc(-c3ccc(C(=O)Nc4ccccc4C(N)=O)cc3)o2)cc1. The number of nitrogens with two attached hydrogens (primary N) is 1. The first kappa shape index (κ1) is 19.1. The first-order valence-corrected chi connectivity index (χ1v) is 9.22. The molecule has 7 nitrogen and oxygen atoms in total. The average molecular weight is 398 g/mol. The Hall–Kier alpha value is -4.26. The second-order valence-electron chi connectivity index (χ2n) is 6.72. The van der Waals surface area contributed by atoms with Crippen molar-refractivity contribution < 1.29 is 14.0 Å². The van der Waals surface area contributed by atoms with Crippen molar-refractivity contribution in [2.75, 3.05) is 5.32 Å². The van der Waals surface area contributed by atoms with Gasteiger partial charge in [-0.2, -0.15) is 0 Å². The van der Waals surface area contributed by atoms with E-state index in [9.17, 15) is 9.59 Å². The standard InChI is InChI=1S/C23H18N4O3/c1-14-6-8-16(9-7-14)22-26-27-23(30-22)17-12-10-15(11-13-17)21(29)25-19-5-3-2-4-18(19)20(24)28/h2-13H,1H3,(H2,24,28)(H,25,29). The number of aromatic nitrogens is 2. The van der Waals surface area contributed by atoms with E-state index in [1.807, 2.05) is 31.2 Å². The maximum absolute atomic E-state index is 12.5. The maximum Gasteiger partial charge on any atom is 0.255 e. The van der Waals surface area contributed by atoms with Crippen LogP contribution in [0.3, 0.4) is 0 Å². The highest BCUT2D eigenvalue weighted by Gasteiger charge is 2.14. The Morgan fingerprint density at radius 1 is 0.833 bits per heavy atom. The molecule has 148 valence electrons. The van der Waals surface area contributed by atoms with Crippen LogP contribution in [0.2, 0.25) is 0 Å². The van der Waals surface area contributed by atoms with E-state index >= 15 is 0 Å². The van der Waals surface area contributed by atoms with Crippen LogP contribution >= 0.6 is 0 Å². The van der Waals surface area contributed by atoms with Gasteiger partial charge in [-0.1, -0.05) is 29.8 Å². The molecule has 0 fully saturated rings. The molecule has 2 amide bonds. The van der Waals surface area contributed by atoms with Crippen molar-refractivity contribution in [3.63, 3.8) is 0 Å². The number of carbonyl (C=O) groups excluding carboxylic acids is 2. The molecule has 4 aromatic rings. The highest BCUT2D eigenvalue weighted by atomic mass is 16.4. The predicted molar refractivity (Wildman–Crippen MR) is 113 cm³/mol. The zero-order chi connectivity index (χ0) is 21.1. The van der Waals surface area contributed by atoms with Crippen LogP contribution in [0.25, 0.3) is 22.9 Å². The summed E-state index contributed by atoms with van der Waals surface area (Å²) in [5.74, 6) is -0.186. The fraction of sp³-hybridized carbons (Fsp3) is 0.0435. The number of anilines is 1. The molecule has 0 spiro atoms. The third kappa shape index (κ3) is 3.95. The summed E-state index contributed by atoms with van der Waals surface area (Å²) in [6.07, 6.45) is 0. The number of para-hydroxylation sites is 1. The number of nitrogens with one attached hydrogen (secondary N) is 1. The van der Waals surface area contributed by atoms with E-state index in [1.165, 1.54) is 0 Å². The molecule has 3 N–H and O–H groups in total. The Kier molecular flexibility index (Phi) is 5.09. The van der Waals surface area contributed by atoms with E-state index in [4.69, 9.17) is 10.2 Å². The molecular formula is C23H18N4O3. The van der Waals surface area contributed by atoms with Gasteiger partial charge in [0.25, 0.3) is 11.8 Å². The van der Waals surface area contributed by atoms with Gasteiger partial charge in [0.05, 0.1) is 11.3 Å². The van der Waals surface area contributed by atoms with Crippen LogP contribution in [0.1, 0.15) is 26.3 Å². The van der Waals surface area contributed by atoms with Crippen molar-refractivity contribution in [3.05, 3.63) is 89.5 Å². The number of aryl methyl sites for hydroxylation is 1. The van der Waals surface area contributed by atoms with E-state index in [0.29, 0.717) is 28.6 Å². The topological polar surface area (TPSA) is 111 Å². The van der Waals surface area contributed by atoms with E-state index in [0.717, 1.165) is 11.1 Å². The number of rotatable bonds is 5. The summed E-state index contributed by atoms with van der Waals surface area (Å²) in [4.78, 5) is 24.0. The van der Waals surface area contributed by atoms with Gasteiger partial charge < -0.3 is 15.5 Å². The molecule has 0 radical (unpaired) electrons. The van der Waals surface area contributed by atoms with Gasteiger partial charge in [-0.25, -0.2) is 0 Å². The fourth-order valence-electron chi connectivity index (χ4n) is 2.92. The van der Waals surface area contributed by atoms with Gasteiger partial charge >= 0.3 is 0 Å². The van der Waals surface area contributed by atoms with Crippen LogP contribution in [0.5, 0.6) is 0 Å². The molecule has 30 heavy (non-hydrogen) atoms. The van der Waals surface area contributed by atoms with Gasteiger partial charge in [0.15, 0.2) is 0 Å². The lowest BCUT2D eigenvalue weighted by Crippen LogP contribution is -2.18. The smallest absolute Gasteiger partial charge is 0.255 e. The summed E-state index contributed by atoms with van der Waals surface area (Å²) in [5, 5.41) is 10.9. The second kappa shape index (κ2) is 8.00. The minimum Gasteiger partial charge on any atom is -0.416 e. The number of primary amides is 1. The molecule has 4 rings (SSSR count). The summed E-state index contributed by atoms with van der Waals surface area (Å²) < 4.78 is 5.76. The summed E-state index contributed by atoms with van der Waals surface area (Å²) in [7, 11) is 0. The van der Waals surface area contributed by atoms with Crippen molar-refractivity contribution in [1.29, 1.82) is 0 Å². The van der Waals surface area contributed by atoms with Crippen LogP contribution in [-0.4, -0.2) is 22.0 Å². The van der Waals surface area contributed by atoms with Crippen molar-refractivity contribution in [1.82, 2.24) is 10.2 Å². The highest BCUT2D eigenvalue weighted by Crippen LogP contribution is 2.24. The van der Waals surface area contributed by atoms with Crippen molar-refractivity contribution in [3.8, 4) is 22.9 Å². The minimum absolute atomic E-state index is 0.247. The maximum atomic E-state index is 12.5. The summed E-state index contributed by atoms with van der Waals surface area (Å²) in [6, 6.07) is 21.1. The van der Waals surface area contributed by atoms with Crippen LogP contribution in [0.4, 0.5) is 5.69 Å². The van der Waals surface area contributed by atoms with E-state index in [-0.39, 0.29) is 11.5 Å². The quantitative estimate of drug-likeness (QED) is 0.526. The number of carbonyl (C=O) groups is 2.